The monoisotopic (exact) mass is 409 g/mol. The van der Waals surface area contributed by atoms with Gasteiger partial charge in [-0.05, 0) is 49.1 Å². The van der Waals surface area contributed by atoms with Crippen molar-refractivity contribution in [3.8, 4) is 11.1 Å². The molecule has 0 saturated heterocycles. The van der Waals surface area contributed by atoms with Crippen LogP contribution in [0.5, 0.6) is 0 Å². The predicted octanol–water partition coefficient (Wildman–Crippen LogP) is 3.83. The molecule has 1 fully saturated rings. The molecule has 0 aromatic heterocycles. The van der Waals surface area contributed by atoms with Crippen LogP contribution in [0.3, 0.4) is 0 Å². The molecule has 1 aliphatic carbocycles. The maximum Gasteiger partial charge on any atom is 0.175 e. The molecule has 144 valence electrons. The van der Waals surface area contributed by atoms with Crippen LogP contribution >= 0.6 is 0 Å². The van der Waals surface area contributed by atoms with Gasteiger partial charge < -0.3 is 0 Å². The van der Waals surface area contributed by atoms with Crippen molar-refractivity contribution in [2.24, 2.45) is 5.92 Å². The summed E-state index contributed by atoms with van der Waals surface area (Å²) in [6.45, 7) is 1.60. The highest BCUT2D eigenvalue weighted by Crippen LogP contribution is 2.40. The van der Waals surface area contributed by atoms with Crippen LogP contribution in [0.1, 0.15) is 28.8 Å². The zero-order valence-electron chi connectivity index (χ0n) is 15.2. The summed E-state index contributed by atoms with van der Waals surface area (Å²) < 4.78 is 58.9. The summed E-state index contributed by atoms with van der Waals surface area (Å²) in [6.07, 6.45) is 3.66. The van der Waals surface area contributed by atoms with Gasteiger partial charge in [-0.3, -0.25) is 4.79 Å². The minimum atomic E-state index is -3.44. The molecule has 0 amide bonds. The number of ketones is 1. The molecule has 3 rings (SSSR count). The lowest BCUT2D eigenvalue weighted by Crippen LogP contribution is -2.11. The SMILES string of the molecule is Cc1cc(-c2c(S(C)(=N)=O)ccc(F)c2C(=O)C2CC2)ccc1S(C)(=O)=O. The predicted molar refractivity (Wildman–Crippen MR) is 102 cm³/mol. The average Bonchev–Trinajstić information content (AvgIpc) is 3.36. The molecule has 0 aliphatic heterocycles. The number of benzene rings is 2. The molecule has 27 heavy (non-hydrogen) atoms. The van der Waals surface area contributed by atoms with E-state index in [2.05, 4.69) is 0 Å². The summed E-state index contributed by atoms with van der Waals surface area (Å²) in [5.74, 6) is -1.35. The van der Waals surface area contributed by atoms with E-state index in [1.807, 2.05) is 0 Å². The number of hydrogen-bond donors (Lipinski definition) is 1. The van der Waals surface area contributed by atoms with Crippen LogP contribution in [0.25, 0.3) is 11.1 Å². The number of nitrogens with one attached hydrogen (secondary N) is 1. The first-order valence-electron chi connectivity index (χ1n) is 8.33. The lowest BCUT2D eigenvalue weighted by Gasteiger charge is -2.17. The van der Waals surface area contributed by atoms with Crippen LogP contribution in [0.15, 0.2) is 40.1 Å². The van der Waals surface area contributed by atoms with E-state index >= 15 is 0 Å². The molecule has 0 bridgehead atoms. The number of sulfone groups is 1. The van der Waals surface area contributed by atoms with Gasteiger partial charge in [0, 0.05) is 24.0 Å². The molecular weight excluding hydrogens is 389 g/mol. The largest absolute Gasteiger partial charge is 0.294 e. The molecule has 0 radical (unpaired) electrons. The first kappa shape index (κ1) is 19.7. The first-order valence-corrected chi connectivity index (χ1v) is 12.2. The van der Waals surface area contributed by atoms with E-state index in [0.29, 0.717) is 24.0 Å². The second kappa shape index (κ2) is 6.53. The summed E-state index contributed by atoms with van der Waals surface area (Å²) >= 11 is 0. The van der Waals surface area contributed by atoms with Crippen molar-refractivity contribution in [3.63, 3.8) is 0 Å². The number of carbonyl (C=O) groups is 1. The second-order valence-electron chi connectivity index (χ2n) is 7.03. The summed E-state index contributed by atoms with van der Waals surface area (Å²) in [7, 11) is -6.69. The molecule has 1 unspecified atom stereocenters. The summed E-state index contributed by atoms with van der Waals surface area (Å²) in [5.41, 5.74) is 0.767. The first-order chi connectivity index (χ1) is 12.4. The number of carbonyl (C=O) groups excluding carboxylic acids is 1. The number of aryl methyl sites for hydroxylation is 1. The maximum atomic E-state index is 14.6. The standard InChI is InChI=1S/C19H20FNO4S2/c1-11-10-13(6-8-15(11)27(3,24)25)17-16(26(2,21)23)9-7-14(20)18(17)19(22)12-4-5-12/h6-10,12,21H,4-5H2,1-3H3. The van der Waals surface area contributed by atoms with Crippen molar-refractivity contribution >= 4 is 25.3 Å². The number of halogens is 1. The lowest BCUT2D eigenvalue weighted by atomic mass is 9.93. The van der Waals surface area contributed by atoms with E-state index in [-0.39, 0.29) is 32.6 Å². The molecule has 5 nitrogen and oxygen atoms in total. The molecule has 1 N–H and O–H groups in total. The smallest absolute Gasteiger partial charge is 0.175 e. The van der Waals surface area contributed by atoms with Crippen molar-refractivity contribution in [2.75, 3.05) is 12.5 Å². The summed E-state index contributed by atoms with van der Waals surface area (Å²) in [6, 6.07) is 6.73. The van der Waals surface area contributed by atoms with Crippen molar-refractivity contribution in [1.82, 2.24) is 0 Å². The summed E-state index contributed by atoms with van der Waals surface area (Å²) in [4.78, 5) is 12.9. The Balaban J connectivity index is 2.35. The number of rotatable bonds is 5. The highest BCUT2D eigenvalue weighted by atomic mass is 32.2. The third kappa shape index (κ3) is 3.82. The molecule has 1 atom stereocenters. The minimum absolute atomic E-state index is 0.0689. The van der Waals surface area contributed by atoms with E-state index in [0.717, 1.165) is 12.3 Å². The average molecular weight is 410 g/mol. The Bertz CT molecular complexity index is 1160. The highest BCUT2D eigenvalue weighted by Gasteiger charge is 2.35. The van der Waals surface area contributed by atoms with Crippen molar-refractivity contribution in [3.05, 3.63) is 47.3 Å². The fourth-order valence-electron chi connectivity index (χ4n) is 3.18. The Labute approximate surface area is 158 Å². The number of hydrogen-bond acceptors (Lipinski definition) is 5. The van der Waals surface area contributed by atoms with Gasteiger partial charge in [0.1, 0.15) is 5.82 Å². The third-order valence-corrected chi connectivity index (χ3v) is 7.03. The third-order valence-electron chi connectivity index (χ3n) is 4.59. The van der Waals surface area contributed by atoms with Gasteiger partial charge in [0.2, 0.25) is 0 Å². The van der Waals surface area contributed by atoms with Gasteiger partial charge in [0.25, 0.3) is 0 Å². The molecule has 0 spiro atoms. The molecule has 2 aromatic carbocycles. The lowest BCUT2D eigenvalue weighted by molar-refractivity contribution is 0.0964. The zero-order valence-corrected chi connectivity index (χ0v) is 16.8. The van der Waals surface area contributed by atoms with Gasteiger partial charge in [-0.25, -0.2) is 21.8 Å². The van der Waals surface area contributed by atoms with Crippen LogP contribution in [-0.2, 0) is 19.6 Å². The highest BCUT2D eigenvalue weighted by molar-refractivity contribution is 7.92. The van der Waals surface area contributed by atoms with Crippen LogP contribution in [-0.4, -0.2) is 30.9 Å². The van der Waals surface area contributed by atoms with Gasteiger partial charge >= 0.3 is 0 Å². The van der Waals surface area contributed by atoms with Crippen molar-refractivity contribution in [1.29, 1.82) is 4.78 Å². The topological polar surface area (TPSA) is 92.1 Å². The molecule has 8 heteroatoms. The van der Waals surface area contributed by atoms with Gasteiger partial charge in [-0.2, -0.15) is 0 Å². The van der Waals surface area contributed by atoms with E-state index in [4.69, 9.17) is 4.78 Å². The normalized spacial score (nSPS) is 16.7. The summed E-state index contributed by atoms with van der Waals surface area (Å²) in [5, 5.41) is 0. The van der Waals surface area contributed by atoms with Crippen molar-refractivity contribution < 1.29 is 21.8 Å². The molecule has 1 saturated carbocycles. The van der Waals surface area contributed by atoms with Crippen molar-refractivity contribution in [2.45, 2.75) is 29.6 Å². The van der Waals surface area contributed by atoms with E-state index < -0.39 is 25.4 Å². The molecule has 0 heterocycles. The fourth-order valence-corrected chi connectivity index (χ4v) is 5.08. The van der Waals surface area contributed by atoms with Gasteiger partial charge in [0.05, 0.1) is 25.1 Å². The second-order valence-corrected chi connectivity index (χ2v) is 11.1. The Morgan fingerprint density at radius 2 is 1.67 bits per heavy atom. The van der Waals surface area contributed by atoms with Gasteiger partial charge in [0.15, 0.2) is 15.6 Å². The van der Waals surface area contributed by atoms with Crippen LogP contribution in [0.2, 0.25) is 0 Å². The van der Waals surface area contributed by atoms with Crippen LogP contribution < -0.4 is 0 Å². The van der Waals surface area contributed by atoms with E-state index in [9.17, 15) is 21.8 Å². The Hall–Kier alpha value is -2.06. The molecule has 2 aromatic rings. The minimum Gasteiger partial charge on any atom is -0.294 e. The fraction of sp³-hybridized carbons (Fsp3) is 0.316. The van der Waals surface area contributed by atoms with Gasteiger partial charge in [-0.15, -0.1) is 0 Å². The van der Waals surface area contributed by atoms with E-state index in [1.54, 1.807) is 6.92 Å². The van der Waals surface area contributed by atoms with Crippen LogP contribution in [0, 0.1) is 23.4 Å². The zero-order chi connectivity index (χ0) is 20.1. The Kier molecular flexibility index (Phi) is 4.76. The quantitative estimate of drug-likeness (QED) is 0.760. The van der Waals surface area contributed by atoms with Gasteiger partial charge in [-0.1, -0.05) is 12.1 Å². The molecule has 1 aliphatic rings. The number of Topliss-reactive ketones (excluding diaryl/α,β-unsaturated/α-hetero) is 1. The van der Waals surface area contributed by atoms with E-state index in [1.165, 1.54) is 30.5 Å². The molecular formula is C19H20FNO4S2. The Morgan fingerprint density at radius 3 is 2.15 bits per heavy atom. The maximum absolute atomic E-state index is 14.6. The van der Waals surface area contributed by atoms with Crippen LogP contribution in [0.4, 0.5) is 4.39 Å². The Morgan fingerprint density at radius 1 is 1.07 bits per heavy atom.